The third-order valence-electron chi connectivity index (χ3n) is 5.18. The Morgan fingerprint density at radius 3 is 2.08 bits per heavy atom. The van der Waals surface area contributed by atoms with E-state index in [1.807, 2.05) is 32.0 Å². The molecule has 0 aromatic heterocycles. The van der Waals surface area contributed by atoms with Gasteiger partial charge >= 0.3 is 12.1 Å². The first-order valence-electron chi connectivity index (χ1n) is 11.2. The second-order valence-electron chi connectivity index (χ2n) is 8.45. The molecular weight excluding hydrogens is 479 g/mol. The highest BCUT2D eigenvalue weighted by Gasteiger charge is 2.38. The van der Waals surface area contributed by atoms with Gasteiger partial charge in [0.25, 0.3) is 11.8 Å². The highest BCUT2D eigenvalue weighted by molar-refractivity contribution is 6.04. The fraction of sp³-hybridized carbons (Fsp3) is 0.360. The first kappa shape index (κ1) is 28.3. The minimum absolute atomic E-state index is 0.0106. The number of hydrogen-bond acceptors (Lipinski definition) is 4. The molecule has 1 fully saturated rings. The monoisotopic (exact) mass is 507 g/mol. The summed E-state index contributed by atoms with van der Waals surface area (Å²) in [5.74, 6) is -3.20. The van der Waals surface area contributed by atoms with Crippen molar-refractivity contribution in [3.8, 4) is 0 Å². The number of carbonyl (C=O) groups is 4. The summed E-state index contributed by atoms with van der Waals surface area (Å²) in [6.07, 6.45) is -3.47. The predicted molar refractivity (Wildman–Crippen MR) is 126 cm³/mol. The van der Waals surface area contributed by atoms with Crippen LogP contribution in [0, 0.1) is 5.92 Å². The lowest BCUT2D eigenvalue weighted by Gasteiger charge is -2.32. The van der Waals surface area contributed by atoms with Crippen molar-refractivity contribution in [3.05, 3.63) is 65.7 Å². The molecule has 1 saturated heterocycles. The molecule has 0 saturated carbocycles. The number of piperidine rings is 1. The number of benzene rings is 2. The lowest BCUT2D eigenvalue weighted by Crippen LogP contribution is -2.46. The minimum Gasteiger partial charge on any atom is -0.475 e. The maximum absolute atomic E-state index is 12.9. The number of nitrogens with one attached hydrogen (secondary N) is 2. The normalized spacial score (nSPS) is 15.4. The second-order valence-corrected chi connectivity index (χ2v) is 8.45. The molecule has 2 aromatic rings. The molecule has 194 valence electrons. The number of amides is 3. The minimum atomic E-state index is -5.08. The largest absolute Gasteiger partial charge is 0.490 e. The van der Waals surface area contributed by atoms with Crippen LogP contribution in [0.4, 0.5) is 18.9 Å². The third-order valence-corrected chi connectivity index (χ3v) is 5.18. The predicted octanol–water partition coefficient (Wildman–Crippen LogP) is 3.95. The highest BCUT2D eigenvalue weighted by atomic mass is 19.4. The molecule has 1 atom stereocenters. The van der Waals surface area contributed by atoms with Gasteiger partial charge in [-0.15, -0.1) is 0 Å². The molecule has 2 aromatic carbocycles. The summed E-state index contributed by atoms with van der Waals surface area (Å²) in [5, 5.41) is 12.9. The van der Waals surface area contributed by atoms with E-state index in [4.69, 9.17) is 9.90 Å². The van der Waals surface area contributed by atoms with Crippen LogP contribution in [-0.4, -0.2) is 59.0 Å². The van der Waals surface area contributed by atoms with Gasteiger partial charge in [-0.3, -0.25) is 14.4 Å². The van der Waals surface area contributed by atoms with E-state index in [-0.39, 0.29) is 29.7 Å². The number of rotatable bonds is 5. The summed E-state index contributed by atoms with van der Waals surface area (Å²) in [5.41, 5.74) is 1.75. The number of aliphatic carboxylic acids is 1. The van der Waals surface area contributed by atoms with Crippen LogP contribution in [0.15, 0.2) is 54.6 Å². The molecule has 0 bridgehead atoms. The van der Waals surface area contributed by atoms with Crippen molar-refractivity contribution in [1.82, 2.24) is 10.2 Å². The Labute approximate surface area is 206 Å². The third kappa shape index (κ3) is 8.71. The van der Waals surface area contributed by atoms with Crippen molar-refractivity contribution >= 4 is 29.4 Å². The number of nitrogens with zero attached hydrogens (tertiary/aromatic N) is 1. The fourth-order valence-electron chi connectivity index (χ4n) is 3.45. The second kappa shape index (κ2) is 12.7. The fourth-order valence-corrected chi connectivity index (χ4v) is 3.45. The zero-order chi connectivity index (χ0) is 26.9. The summed E-state index contributed by atoms with van der Waals surface area (Å²) in [7, 11) is 0. The quantitative estimate of drug-likeness (QED) is 0.567. The lowest BCUT2D eigenvalue weighted by molar-refractivity contribution is -0.192. The Bertz CT molecular complexity index is 1060. The molecular formula is C25H28F3N3O5. The highest BCUT2D eigenvalue weighted by Crippen LogP contribution is 2.20. The van der Waals surface area contributed by atoms with Crippen molar-refractivity contribution in [1.29, 1.82) is 0 Å². The molecule has 1 aliphatic rings. The van der Waals surface area contributed by atoms with Gasteiger partial charge in [0, 0.05) is 35.9 Å². The number of likely N-dealkylation sites (tertiary alicyclic amines) is 1. The molecule has 3 amide bonds. The van der Waals surface area contributed by atoms with Crippen LogP contribution in [0.5, 0.6) is 0 Å². The maximum atomic E-state index is 12.9. The van der Waals surface area contributed by atoms with Crippen molar-refractivity contribution in [3.63, 3.8) is 0 Å². The Kier molecular flexibility index (Phi) is 10.0. The number of carboxylic acids is 1. The van der Waals surface area contributed by atoms with Crippen molar-refractivity contribution < 1.29 is 37.5 Å². The molecule has 3 N–H and O–H groups in total. The van der Waals surface area contributed by atoms with Gasteiger partial charge in [-0.2, -0.15) is 13.2 Å². The van der Waals surface area contributed by atoms with E-state index in [0.717, 1.165) is 12.8 Å². The van der Waals surface area contributed by atoms with Gasteiger partial charge in [0.2, 0.25) is 5.91 Å². The van der Waals surface area contributed by atoms with Gasteiger partial charge in [-0.05, 0) is 63.1 Å². The van der Waals surface area contributed by atoms with E-state index in [2.05, 4.69) is 10.6 Å². The van der Waals surface area contributed by atoms with E-state index >= 15 is 0 Å². The molecule has 36 heavy (non-hydrogen) atoms. The van der Waals surface area contributed by atoms with E-state index < -0.39 is 12.1 Å². The smallest absolute Gasteiger partial charge is 0.475 e. The zero-order valence-corrected chi connectivity index (χ0v) is 19.8. The summed E-state index contributed by atoms with van der Waals surface area (Å²) in [4.78, 5) is 48.0. The van der Waals surface area contributed by atoms with E-state index in [9.17, 15) is 27.6 Å². The molecule has 0 spiro atoms. The van der Waals surface area contributed by atoms with Crippen LogP contribution in [-0.2, 0) is 9.59 Å². The van der Waals surface area contributed by atoms with Crippen LogP contribution < -0.4 is 10.6 Å². The average Bonchev–Trinajstić information content (AvgIpc) is 2.84. The Morgan fingerprint density at radius 1 is 0.972 bits per heavy atom. The number of hydrogen-bond donors (Lipinski definition) is 3. The Morgan fingerprint density at radius 2 is 1.56 bits per heavy atom. The van der Waals surface area contributed by atoms with Crippen LogP contribution in [0.1, 0.15) is 47.4 Å². The number of carbonyl (C=O) groups excluding carboxylic acids is 3. The molecule has 1 aliphatic heterocycles. The summed E-state index contributed by atoms with van der Waals surface area (Å²) in [6.45, 7) is 4.95. The van der Waals surface area contributed by atoms with Crippen LogP contribution in [0.25, 0.3) is 0 Å². The maximum Gasteiger partial charge on any atom is 0.490 e. The van der Waals surface area contributed by atoms with E-state index in [1.54, 1.807) is 41.3 Å². The zero-order valence-electron chi connectivity index (χ0n) is 19.8. The number of halogens is 3. The molecule has 0 aliphatic carbocycles. The topological polar surface area (TPSA) is 116 Å². The number of alkyl halides is 3. The standard InChI is InChI=1S/C23H27N3O3.C2HF3O2/c1-16(2)24-22(28)19-9-6-14-26(15-19)23(29)18-10-12-20(13-11-18)25-21(27)17-7-4-3-5-8-17;3-2(4,5)1(6)7/h3-5,7-8,10-13,16,19H,6,9,14-15H2,1-2H3,(H,24,28)(H,25,27);(H,6,7). The van der Waals surface area contributed by atoms with Crippen molar-refractivity contribution in [2.24, 2.45) is 5.92 Å². The molecule has 11 heteroatoms. The van der Waals surface area contributed by atoms with Crippen molar-refractivity contribution in [2.45, 2.75) is 38.9 Å². The lowest BCUT2D eigenvalue weighted by atomic mass is 9.96. The number of carboxylic acid groups (broad SMARTS) is 1. The first-order chi connectivity index (χ1) is 16.9. The van der Waals surface area contributed by atoms with E-state index in [0.29, 0.717) is 29.9 Å². The Hall–Kier alpha value is -3.89. The first-order valence-corrected chi connectivity index (χ1v) is 11.2. The average molecular weight is 508 g/mol. The van der Waals surface area contributed by atoms with Gasteiger partial charge in [0.15, 0.2) is 0 Å². The molecule has 3 rings (SSSR count). The number of anilines is 1. The van der Waals surface area contributed by atoms with Gasteiger partial charge in [-0.25, -0.2) is 4.79 Å². The van der Waals surface area contributed by atoms with Crippen LogP contribution >= 0.6 is 0 Å². The molecule has 0 radical (unpaired) electrons. The summed E-state index contributed by atoms with van der Waals surface area (Å²) >= 11 is 0. The van der Waals surface area contributed by atoms with Gasteiger partial charge in [0.05, 0.1) is 5.92 Å². The summed E-state index contributed by atoms with van der Waals surface area (Å²) < 4.78 is 31.7. The molecule has 1 heterocycles. The SMILES string of the molecule is CC(C)NC(=O)C1CCCN(C(=O)c2ccc(NC(=O)c3ccccc3)cc2)C1.O=C(O)C(F)(F)F. The molecule has 8 nitrogen and oxygen atoms in total. The van der Waals surface area contributed by atoms with Gasteiger partial charge in [0.1, 0.15) is 0 Å². The molecule has 1 unspecified atom stereocenters. The van der Waals surface area contributed by atoms with Gasteiger partial charge < -0.3 is 20.6 Å². The Balaban J connectivity index is 0.000000572. The van der Waals surface area contributed by atoms with Crippen LogP contribution in [0.2, 0.25) is 0 Å². The van der Waals surface area contributed by atoms with Crippen molar-refractivity contribution in [2.75, 3.05) is 18.4 Å². The summed E-state index contributed by atoms with van der Waals surface area (Å²) in [6, 6.07) is 15.9. The van der Waals surface area contributed by atoms with Gasteiger partial charge in [-0.1, -0.05) is 18.2 Å². The van der Waals surface area contributed by atoms with Crippen LogP contribution in [0.3, 0.4) is 0 Å². The van der Waals surface area contributed by atoms with E-state index in [1.165, 1.54) is 0 Å².